The first-order chi connectivity index (χ1) is 10.1. The summed E-state index contributed by atoms with van der Waals surface area (Å²) in [5, 5.41) is 20.6. The van der Waals surface area contributed by atoms with E-state index >= 15 is 0 Å². The highest BCUT2D eigenvalue weighted by Gasteiger charge is 2.24. The molecule has 1 saturated heterocycles. The average molecular weight is 287 g/mol. The zero-order valence-corrected chi connectivity index (χ0v) is 11.6. The Morgan fingerprint density at radius 1 is 1.38 bits per heavy atom. The third-order valence-corrected chi connectivity index (χ3v) is 3.48. The molecular formula is C15H17N3O3. The van der Waals surface area contributed by atoms with Crippen molar-refractivity contribution >= 4 is 11.8 Å². The van der Waals surface area contributed by atoms with Gasteiger partial charge in [-0.05, 0) is 31.0 Å². The second-order valence-corrected chi connectivity index (χ2v) is 5.02. The van der Waals surface area contributed by atoms with Crippen LogP contribution in [0.4, 0.5) is 0 Å². The Kier molecular flexibility index (Phi) is 4.77. The lowest BCUT2D eigenvalue weighted by Crippen LogP contribution is -2.46. The third kappa shape index (κ3) is 3.96. The van der Waals surface area contributed by atoms with Crippen molar-refractivity contribution in [2.24, 2.45) is 0 Å². The highest BCUT2D eigenvalue weighted by atomic mass is 16.3. The summed E-state index contributed by atoms with van der Waals surface area (Å²) in [7, 11) is 0. The Hall–Kier alpha value is -2.55. The van der Waals surface area contributed by atoms with Gasteiger partial charge in [0.25, 0.3) is 5.91 Å². The Labute approximate surface area is 123 Å². The van der Waals surface area contributed by atoms with Gasteiger partial charge in [0, 0.05) is 24.7 Å². The normalized spacial score (nSPS) is 15.3. The monoisotopic (exact) mass is 287 g/mol. The zero-order chi connectivity index (χ0) is 15.2. The molecule has 0 radical (unpaired) electrons. The van der Waals surface area contributed by atoms with Crippen molar-refractivity contribution in [3.8, 4) is 11.8 Å². The molecule has 0 spiro atoms. The fourth-order valence-corrected chi connectivity index (χ4v) is 2.40. The molecule has 110 valence electrons. The summed E-state index contributed by atoms with van der Waals surface area (Å²) in [5.74, 6) is -0.317. The van der Waals surface area contributed by atoms with Crippen LogP contribution in [0.1, 0.15) is 29.6 Å². The lowest BCUT2D eigenvalue weighted by Gasteiger charge is -2.32. The SMILES string of the molecule is N#CCC(=O)NC1CCN(C(=O)c2cccc(O)c2)CC1. The topological polar surface area (TPSA) is 93.4 Å². The summed E-state index contributed by atoms with van der Waals surface area (Å²) in [6, 6.07) is 8.10. The molecule has 1 aliphatic rings. The van der Waals surface area contributed by atoms with E-state index in [1.165, 1.54) is 12.1 Å². The number of benzene rings is 1. The Bertz CT molecular complexity index is 572. The molecule has 0 bridgehead atoms. The molecule has 1 fully saturated rings. The van der Waals surface area contributed by atoms with Gasteiger partial charge in [0.15, 0.2) is 0 Å². The molecule has 6 heteroatoms. The quantitative estimate of drug-likeness (QED) is 0.868. The van der Waals surface area contributed by atoms with Crippen molar-refractivity contribution in [2.45, 2.75) is 25.3 Å². The van der Waals surface area contributed by atoms with E-state index in [1.54, 1.807) is 17.0 Å². The first kappa shape index (κ1) is 14.9. The molecule has 1 heterocycles. The van der Waals surface area contributed by atoms with Crippen LogP contribution in [0.5, 0.6) is 5.75 Å². The minimum Gasteiger partial charge on any atom is -0.508 e. The van der Waals surface area contributed by atoms with E-state index in [-0.39, 0.29) is 30.0 Å². The van der Waals surface area contributed by atoms with Gasteiger partial charge in [-0.2, -0.15) is 5.26 Å². The van der Waals surface area contributed by atoms with Crippen molar-refractivity contribution in [3.63, 3.8) is 0 Å². The second-order valence-electron chi connectivity index (χ2n) is 5.02. The number of likely N-dealkylation sites (tertiary alicyclic amines) is 1. The number of phenolic OH excluding ortho intramolecular Hbond substituents is 1. The first-order valence-corrected chi connectivity index (χ1v) is 6.85. The van der Waals surface area contributed by atoms with Gasteiger partial charge in [0.05, 0.1) is 6.07 Å². The lowest BCUT2D eigenvalue weighted by atomic mass is 10.0. The van der Waals surface area contributed by atoms with Gasteiger partial charge in [-0.1, -0.05) is 6.07 Å². The minimum absolute atomic E-state index is 0.0130. The van der Waals surface area contributed by atoms with E-state index in [2.05, 4.69) is 5.32 Å². The summed E-state index contributed by atoms with van der Waals surface area (Å²) < 4.78 is 0. The molecule has 2 rings (SSSR count). The Balaban J connectivity index is 1.88. The number of carbonyl (C=O) groups is 2. The van der Waals surface area contributed by atoms with Crippen LogP contribution in [-0.4, -0.2) is 41.0 Å². The molecule has 0 aromatic heterocycles. The van der Waals surface area contributed by atoms with Crippen LogP contribution in [0.25, 0.3) is 0 Å². The smallest absolute Gasteiger partial charge is 0.253 e. The van der Waals surface area contributed by atoms with Gasteiger partial charge in [-0.3, -0.25) is 9.59 Å². The summed E-state index contributed by atoms with van der Waals surface area (Å²) in [4.78, 5) is 25.3. The molecule has 1 aliphatic heterocycles. The number of nitriles is 1. The predicted octanol–water partition coefficient (Wildman–Crippen LogP) is 1.03. The fourth-order valence-electron chi connectivity index (χ4n) is 2.40. The maximum atomic E-state index is 12.3. The summed E-state index contributed by atoms with van der Waals surface area (Å²) >= 11 is 0. The average Bonchev–Trinajstić information content (AvgIpc) is 2.47. The van der Waals surface area contributed by atoms with Crippen LogP contribution in [0.3, 0.4) is 0 Å². The summed E-state index contributed by atoms with van der Waals surface area (Å²) in [5.41, 5.74) is 0.460. The molecule has 21 heavy (non-hydrogen) atoms. The molecule has 2 amide bonds. The van der Waals surface area contributed by atoms with E-state index in [9.17, 15) is 14.7 Å². The standard InChI is InChI=1S/C15H17N3O3/c16-7-4-14(20)17-12-5-8-18(9-6-12)15(21)11-2-1-3-13(19)10-11/h1-3,10,12,19H,4-6,8-9H2,(H,17,20). The molecule has 6 nitrogen and oxygen atoms in total. The lowest BCUT2D eigenvalue weighted by molar-refractivity contribution is -0.121. The Morgan fingerprint density at radius 2 is 2.10 bits per heavy atom. The van der Waals surface area contributed by atoms with Gasteiger partial charge in [0.1, 0.15) is 12.2 Å². The van der Waals surface area contributed by atoms with Crippen LogP contribution >= 0.6 is 0 Å². The van der Waals surface area contributed by atoms with E-state index in [1.807, 2.05) is 6.07 Å². The van der Waals surface area contributed by atoms with Crippen LogP contribution in [0.2, 0.25) is 0 Å². The summed E-state index contributed by atoms with van der Waals surface area (Å²) in [6.45, 7) is 1.10. The van der Waals surface area contributed by atoms with Gasteiger partial charge in [-0.25, -0.2) is 0 Å². The molecule has 2 N–H and O–H groups in total. The van der Waals surface area contributed by atoms with Crippen LogP contribution in [0, 0.1) is 11.3 Å². The van der Waals surface area contributed by atoms with Gasteiger partial charge < -0.3 is 15.3 Å². The van der Waals surface area contributed by atoms with Crippen molar-refractivity contribution in [2.75, 3.05) is 13.1 Å². The van der Waals surface area contributed by atoms with E-state index in [0.717, 1.165) is 0 Å². The second kappa shape index (κ2) is 6.75. The maximum Gasteiger partial charge on any atom is 0.253 e. The van der Waals surface area contributed by atoms with E-state index in [0.29, 0.717) is 31.5 Å². The number of nitrogens with zero attached hydrogens (tertiary/aromatic N) is 2. The number of hydrogen-bond acceptors (Lipinski definition) is 4. The number of carbonyl (C=O) groups excluding carboxylic acids is 2. The number of rotatable bonds is 3. The van der Waals surface area contributed by atoms with Crippen molar-refractivity contribution < 1.29 is 14.7 Å². The molecule has 0 aliphatic carbocycles. The molecular weight excluding hydrogens is 270 g/mol. The number of nitrogens with one attached hydrogen (secondary N) is 1. The maximum absolute atomic E-state index is 12.3. The van der Waals surface area contributed by atoms with Gasteiger partial charge in [0.2, 0.25) is 5.91 Å². The van der Waals surface area contributed by atoms with Crippen LogP contribution in [-0.2, 0) is 4.79 Å². The zero-order valence-electron chi connectivity index (χ0n) is 11.6. The van der Waals surface area contributed by atoms with Crippen LogP contribution < -0.4 is 5.32 Å². The molecule has 1 aromatic rings. The van der Waals surface area contributed by atoms with Crippen molar-refractivity contribution in [1.29, 1.82) is 5.26 Å². The number of amides is 2. The number of phenols is 1. The van der Waals surface area contributed by atoms with Crippen molar-refractivity contribution in [3.05, 3.63) is 29.8 Å². The highest BCUT2D eigenvalue weighted by molar-refractivity contribution is 5.94. The minimum atomic E-state index is -0.268. The fraction of sp³-hybridized carbons (Fsp3) is 0.400. The third-order valence-electron chi connectivity index (χ3n) is 3.48. The summed E-state index contributed by atoms with van der Waals surface area (Å²) in [6.07, 6.45) is 1.20. The first-order valence-electron chi connectivity index (χ1n) is 6.85. The van der Waals surface area contributed by atoms with Gasteiger partial charge >= 0.3 is 0 Å². The molecule has 0 unspecified atom stereocenters. The van der Waals surface area contributed by atoms with Crippen LogP contribution in [0.15, 0.2) is 24.3 Å². The van der Waals surface area contributed by atoms with Crippen molar-refractivity contribution in [1.82, 2.24) is 10.2 Å². The molecule has 0 atom stereocenters. The molecule has 1 aromatic carbocycles. The molecule has 0 saturated carbocycles. The van der Waals surface area contributed by atoms with E-state index < -0.39 is 0 Å². The predicted molar refractivity (Wildman–Crippen MR) is 75.4 cm³/mol. The number of piperidine rings is 1. The number of hydrogen-bond donors (Lipinski definition) is 2. The highest BCUT2D eigenvalue weighted by Crippen LogP contribution is 2.17. The van der Waals surface area contributed by atoms with Gasteiger partial charge in [-0.15, -0.1) is 0 Å². The largest absolute Gasteiger partial charge is 0.508 e. The Morgan fingerprint density at radius 3 is 2.71 bits per heavy atom. The number of aromatic hydroxyl groups is 1. The van der Waals surface area contributed by atoms with E-state index in [4.69, 9.17) is 5.26 Å².